The predicted octanol–water partition coefficient (Wildman–Crippen LogP) is 1.55. The van der Waals surface area contributed by atoms with E-state index in [1.54, 1.807) is 8.61 Å². The zero-order valence-electron chi connectivity index (χ0n) is 13.2. The monoisotopic (exact) mass is 306 g/mol. The molecule has 1 saturated heterocycles. The van der Waals surface area contributed by atoms with Crippen molar-refractivity contribution >= 4 is 10.2 Å². The van der Waals surface area contributed by atoms with E-state index >= 15 is 0 Å². The average molecular weight is 306 g/mol. The molecule has 0 saturated carbocycles. The molecule has 0 radical (unpaired) electrons. The molecular weight excluding hydrogens is 276 g/mol. The van der Waals surface area contributed by atoms with Crippen molar-refractivity contribution in [1.29, 1.82) is 0 Å². The van der Waals surface area contributed by atoms with Gasteiger partial charge in [0.05, 0.1) is 0 Å². The third-order valence-corrected chi connectivity index (χ3v) is 5.47. The molecule has 1 rings (SSSR count). The van der Waals surface area contributed by atoms with Crippen LogP contribution in [0.4, 0.5) is 0 Å². The van der Waals surface area contributed by atoms with Gasteiger partial charge in [0.15, 0.2) is 0 Å². The van der Waals surface area contributed by atoms with Crippen LogP contribution in [-0.2, 0) is 10.2 Å². The van der Waals surface area contributed by atoms with Crippen molar-refractivity contribution in [2.24, 2.45) is 17.8 Å². The minimum atomic E-state index is -3.40. The van der Waals surface area contributed by atoms with E-state index in [1.807, 2.05) is 27.7 Å². The topological polar surface area (TPSA) is 60.9 Å². The summed E-state index contributed by atoms with van der Waals surface area (Å²) in [6.07, 6.45) is 1.75. The van der Waals surface area contributed by atoms with E-state index in [0.29, 0.717) is 38.0 Å². The minimum Gasteiger partial charge on any atom is -0.396 e. The molecule has 1 aliphatic rings. The summed E-state index contributed by atoms with van der Waals surface area (Å²) in [5.74, 6) is 0.697. The van der Waals surface area contributed by atoms with Crippen molar-refractivity contribution in [3.05, 3.63) is 0 Å². The highest BCUT2D eigenvalue weighted by Gasteiger charge is 2.33. The van der Waals surface area contributed by atoms with E-state index in [2.05, 4.69) is 0 Å². The molecule has 1 fully saturated rings. The molecule has 1 unspecified atom stereocenters. The van der Waals surface area contributed by atoms with E-state index in [1.165, 1.54) is 0 Å². The molecule has 5 nitrogen and oxygen atoms in total. The van der Waals surface area contributed by atoms with Crippen LogP contribution in [0.3, 0.4) is 0 Å². The van der Waals surface area contributed by atoms with Gasteiger partial charge in [0.1, 0.15) is 0 Å². The first-order chi connectivity index (χ1) is 9.27. The van der Waals surface area contributed by atoms with Crippen LogP contribution in [0.25, 0.3) is 0 Å². The maximum absolute atomic E-state index is 12.8. The number of hydrogen-bond donors (Lipinski definition) is 1. The van der Waals surface area contributed by atoms with Gasteiger partial charge in [-0.3, -0.25) is 0 Å². The molecule has 0 bridgehead atoms. The average Bonchev–Trinajstić information content (AvgIpc) is 2.37. The smallest absolute Gasteiger partial charge is 0.282 e. The second kappa shape index (κ2) is 7.73. The summed E-state index contributed by atoms with van der Waals surface area (Å²) in [7, 11) is -3.40. The first-order valence-electron chi connectivity index (χ1n) is 7.63. The minimum absolute atomic E-state index is 0.0698. The van der Waals surface area contributed by atoms with Crippen molar-refractivity contribution in [3.63, 3.8) is 0 Å². The van der Waals surface area contributed by atoms with E-state index in [0.717, 1.165) is 12.8 Å². The maximum Gasteiger partial charge on any atom is 0.282 e. The lowest BCUT2D eigenvalue weighted by Gasteiger charge is -2.36. The fourth-order valence-corrected chi connectivity index (χ4v) is 4.68. The van der Waals surface area contributed by atoms with Crippen LogP contribution in [0.5, 0.6) is 0 Å². The van der Waals surface area contributed by atoms with E-state index < -0.39 is 10.2 Å². The Balaban J connectivity index is 2.85. The second-order valence-electron chi connectivity index (χ2n) is 6.66. The summed E-state index contributed by atoms with van der Waals surface area (Å²) in [5, 5.41) is 9.27. The van der Waals surface area contributed by atoms with Gasteiger partial charge in [-0.2, -0.15) is 17.0 Å². The Labute approximate surface area is 124 Å². The number of rotatable bonds is 7. The molecule has 0 aliphatic carbocycles. The van der Waals surface area contributed by atoms with Crippen LogP contribution < -0.4 is 0 Å². The van der Waals surface area contributed by atoms with Crippen LogP contribution in [0.1, 0.15) is 40.5 Å². The highest BCUT2D eigenvalue weighted by Crippen LogP contribution is 2.22. The lowest BCUT2D eigenvalue weighted by Crippen LogP contribution is -2.50. The number of hydrogen-bond acceptors (Lipinski definition) is 3. The van der Waals surface area contributed by atoms with E-state index in [4.69, 9.17) is 0 Å². The van der Waals surface area contributed by atoms with Gasteiger partial charge in [0.25, 0.3) is 10.2 Å². The summed E-state index contributed by atoms with van der Waals surface area (Å²) >= 11 is 0. The first-order valence-corrected chi connectivity index (χ1v) is 9.03. The Bertz CT molecular complexity index is 372. The van der Waals surface area contributed by atoms with Crippen molar-refractivity contribution < 1.29 is 13.5 Å². The second-order valence-corrected chi connectivity index (χ2v) is 8.59. The summed E-state index contributed by atoms with van der Waals surface area (Å²) in [6.45, 7) is 10.4. The highest BCUT2D eigenvalue weighted by atomic mass is 32.2. The summed E-state index contributed by atoms with van der Waals surface area (Å²) < 4.78 is 28.7. The molecule has 0 aromatic carbocycles. The molecule has 6 heteroatoms. The SMILES string of the molecule is CC(C)CN(CC(C)C)S(=O)(=O)N1CCCC(CO)C1. The van der Waals surface area contributed by atoms with Gasteiger partial charge in [0, 0.05) is 32.8 Å². The van der Waals surface area contributed by atoms with Crippen molar-refractivity contribution in [1.82, 2.24) is 8.61 Å². The molecular formula is C14H30N2O3S. The van der Waals surface area contributed by atoms with Crippen LogP contribution in [0.2, 0.25) is 0 Å². The van der Waals surface area contributed by atoms with Crippen LogP contribution in [0, 0.1) is 17.8 Å². The fourth-order valence-electron chi connectivity index (χ4n) is 2.63. The standard InChI is InChI=1S/C14H30N2O3S/c1-12(2)8-16(9-13(3)4)20(18,19)15-7-5-6-14(10-15)11-17/h12-14,17H,5-11H2,1-4H3. The molecule has 0 aromatic heterocycles. The van der Waals surface area contributed by atoms with Crippen molar-refractivity contribution in [3.8, 4) is 0 Å². The Kier molecular flexibility index (Phi) is 6.91. The molecule has 1 atom stereocenters. The predicted molar refractivity (Wildman–Crippen MR) is 81.6 cm³/mol. The summed E-state index contributed by atoms with van der Waals surface area (Å²) in [6, 6.07) is 0. The molecule has 1 aliphatic heterocycles. The number of piperidine rings is 1. The number of nitrogens with zero attached hydrogens (tertiary/aromatic N) is 2. The van der Waals surface area contributed by atoms with Gasteiger partial charge in [-0.1, -0.05) is 27.7 Å². The Morgan fingerprint density at radius 1 is 1.20 bits per heavy atom. The molecule has 0 spiro atoms. The Morgan fingerprint density at radius 3 is 2.20 bits per heavy atom. The van der Waals surface area contributed by atoms with Gasteiger partial charge < -0.3 is 5.11 Å². The molecule has 120 valence electrons. The third kappa shape index (κ3) is 4.98. The third-order valence-electron chi connectivity index (χ3n) is 3.53. The van der Waals surface area contributed by atoms with Gasteiger partial charge >= 0.3 is 0 Å². The van der Waals surface area contributed by atoms with Gasteiger partial charge in [0.2, 0.25) is 0 Å². The Hall–Kier alpha value is -0.170. The zero-order chi connectivity index (χ0) is 15.3. The molecule has 20 heavy (non-hydrogen) atoms. The van der Waals surface area contributed by atoms with E-state index in [-0.39, 0.29) is 12.5 Å². The largest absolute Gasteiger partial charge is 0.396 e. The van der Waals surface area contributed by atoms with Crippen molar-refractivity contribution in [2.75, 3.05) is 32.8 Å². The van der Waals surface area contributed by atoms with Crippen LogP contribution in [-0.4, -0.2) is 54.9 Å². The normalized spacial score (nSPS) is 22.1. The number of aliphatic hydroxyl groups excluding tert-OH is 1. The Morgan fingerprint density at radius 2 is 1.75 bits per heavy atom. The fraction of sp³-hybridized carbons (Fsp3) is 1.00. The van der Waals surface area contributed by atoms with Gasteiger partial charge in [-0.25, -0.2) is 0 Å². The van der Waals surface area contributed by atoms with E-state index in [9.17, 15) is 13.5 Å². The van der Waals surface area contributed by atoms with Crippen LogP contribution >= 0.6 is 0 Å². The lowest BCUT2D eigenvalue weighted by molar-refractivity contribution is 0.159. The molecule has 1 N–H and O–H groups in total. The maximum atomic E-state index is 12.8. The van der Waals surface area contributed by atoms with Gasteiger partial charge in [-0.05, 0) is 30.6 Å². The zero-order valence-corrected chi connectivity index (χ0v) is 14.1. The van der Waals surface area contributed by atoms with Gasteiger partial charge in [-0.15, -0.1) is 0 Å². The molecule has 0 amide bonds. The number of aliphatic hydroxyl groups is 1. The summed E-state index contributed by atoms with van der Waals surface area (Å²) in [4.78, 5) is 0. The quantitative estimate of drug-likeness (QED) is 0.776. The summed E-state index contributed by atoms with van der Waals surface area (Å²) in [5.41, 5.74) is 0. The molecule has 0 aromatic rings. The lowest BCUT2D eigenvalue weighted by atomic mass is 10.0. The highest BCUT2D eigenvalue weighted by molar-refractivity contribution is 7.86. The first kappa shape index (κ1) is 17.9. The van der Waals surface area contributed by atoms with Crippen LogP contribution in [0.15, 0.2) is 0 Å². The molecule has 1 heterocycles. The van der Waals surface area contributed by atoms with Crippen molar-refractivity contribution in [2.45, 2.75) is 40.5 Å².